The first kappa shape index (κ1) is 15.6. The lowest BCUT2D eigenvalue weighted by Gasteiger charge is -2.23. The topological polar surface area (TPSA) is 71.6 Å². The Morgan fingerprint density at radius 2 is 2.10 bits per heavy atom. The maximum Gasteiger partial charge on any atom is 0.238 e. The fourth-order valence-electron chi connectivity index (χ4n) is 2.33. The van der Waals surface area contributed by atoms with Crippen molar-refractivity contribution in [1.29, 1.82) is 0 Å². The van der Waals surface area contributed by atoms with E-state index in [4.69, 9.17) is 9.47 Å². The van der Waals surface area contributed by atoms with Crippen molar-refractivity contribution < 1.29 is 14.3 Å². The molecule has 116 valence electrons. The van der Waals surface area contributed by atoms with Crippen LogP contribution in [0.15, 0.2) is 18.2 Å². The molecule has 1 aromatic rings. The number of hydrogen-bond acceptors (Lipinski definition) is 5. The van der Waals surface area contributed by atoms with E-state index in [1.807, 2.05) is 18.2 Å². The Morgan fingerprint density at radius 1 is 1.29 bits per heavy atom. The molecule has 2 rings (SSSR count). The summed E-state index contributed by atoms with van der Waals surface area (Å²) in [7, 11) is 3.23. The Kier molecular flexibility index (Phi) is 5.83. The minimum absolute atomic E-state index is 0.0441. The van der Waals surface area contributed by atoms with Gasteiger partial charge >= 0.3 is 0 Å². The summed E-state index contributed by atoms with van der Waals surface area (Å²) in [5.41, 5.74) is 1.10. The summed E-state index contributed by atoms with van der Waals surface area (Å²) in [6.45, 7) is 3.03. The SMILES string of the molecule is COc1ccc(CCNC(=O)C2CNCCN2)cc1OC. The van der Waals surface area contributed by atoms with Gasteiger partial charge in [-0.05, 0) is 24.1 Å². The fourth-order valence-corrected chi connectivity index (χ4v) is 2.33. The molecule has 1 atom stereocenters. The first-order valence-electron chi connectivity index (χ1n) is 7.17. The Balaban J connectivity index is 1.81. The monoisotopic (exact) mass is 293 g/mol. The summed E-state index contributed by atoms with van der Waals surface area (Å²) < 4.78 is 10.5. The number of hydrogen-bond donors (Lipinski definition) is 3. The minimum Gasteiger partial charge on any atom is -0.493 e. The van der Waals surface area contributed by atoms with Crippen molar-refractivity contribution in [3.05, 3.63) is 23.8 Å². The third kappa shape index (κ3) is 4.34. The molecule has 1 unspecified atom stereocenters. The van der Waals surface area contributed by atoms with Gasteiger partial charge in [-0.3, -0.25) is 4.79 Å². The van der Waals surface area contributed by atoms with Gasteiger partial charge in [0.15, 0.2) is 11.5 Å². The van der Waals surface area contributed by atoms with Gasteiger partial charge in [0, 0.05) is 26.2 Å². The molecule has 0 spiro atoms. The quantitative estimate of drug-likeness (QED) is 0.684. The number of carbonyl (C=O) groups is 1. The zero-order valence-corrected chi connectivity index (χ0v) is 12.6. The summed E-state index contributed by atoms with van der Waals surface area (Å²) in [4.78, 5) is 12.0. The predicted octanol–water partition coefficient (Wildman–Crippen LogP) is -0.0761. The van der Waals surface area contributed by atoms with Gasteiger partial charge < -0.3 is 25.4 Å². The summed E-state index contributed by atoms with van der Waals surface area (Å²) in [6, 6.07) is 5.66. The van der Waals surface area contributed by atoms with Crippen LogP contribution in [0.1, 0.15) is 5.56 Å². The lowest BCUT2D eigenvalue weighted by molar-refractivity contribution is -0.123. The molecule has 6 heteroatoms. The number of benzene rings is 1. The van der Waals surface area contributed by atoms with E-state index in [9.17, 15) is 4.79 Å². The second-order valence-corrected chi connectivity index (χ2v) is 4.94. The van der Waals surface area contributed by atoms with E-state index in [0.717, 1.165) is 25.1 Å². The van der Waals surface area contributed by atoms with Gasteiger partial charge in [-0.1, -0.05) is 6.07 Å². The van der Waals surface area contributed by atoms with E-state index in [0.29, 0.717) is 24.6 Å². The van der Waals surface area contributed by atoms with Gasteiger partial charge in [-0.2, -0.15) is 0 Å². The number of nitrogens with one attached hydrogen (secondary N) is 3. The molecule has 21 heavy (non-hydrogen) atoms. The number of ether oxygens (including phenoxy) is 2. The van der Waals surface area contributed by atoms with E-state index in [1.54, 1.807) is 14.2 Å². The maximum atomic E-state index is 12.0. The van der Waals surface area contributed by atoms with Crippen LogP contribution >= 0.6 is 0 Å². The second-order valence-electron chi connectivity index (χ2n) is 4.94. The van der Waals surface area contributed by atoms with Gasteiger partial charge in [0.2, 0.25) is 5.91 Å². The van der Waals surface area contributed by atoms with Crippen molar-refractivity contribution in [2.45, 2.75) is 12.5 Å². The maximum absolute atomic E-state index is 12.0. The van der Waals surface area contributed by atoms with Crippen LogP contribution in [0.5, 0.6) is 11.5 Å². The highest BCUT2D eigenvalue weighted by Crippen LogP contribution is 2.27. The molecular weight excluding hydrogens is 270 g/mol. The highest BCUT2D eigenvalue weighted by atomic mass is 16.5. The first-order valence-corrected chi connectivity index (χ1v) is 7.17. The molecule has 0 saturated carbocycles. The van der Waals surface area contributed by atoms with E-state index in [-0.39, 0.29) is 11.9 Å². The molecule has 1 saturated heterocycles. The second kappa shape index (κ2) is 7.85. The first-order chi connectivity index (χ1) is 10.2. The normalized spacial score (nSPS) is 18.1. The van der Waals surface area contributed by atoms with Crippen LogP contribution < -0.4 is 25.4 Å². The van der Waals surface area contributed by atoms with E-state index >= 15 is 0 Å². The van der Waals surface area contributed by atoms with Crippen LogP contribution in [0.3, 0.4) is 0 Å². The van der Waals surface area contributed by atoms with Crippen LogP contribution in [0.2, 0.25) is 0 Å². The molecule has 1 aliphatic rings. The third-order valence-electron chi connectivity index (χ3n) is 3.52. The van der Waals surface area contributed by atoms with E-state index in [1.165, 1.54) is 0 Å². The van der Waals surface area contributed by atoms with Crippen molar-refractivity contribution in [2.24, 2.45) is 0 Å². The third-order valence-corrected chi connectivity index (χ3v) is 3.52. The lowest BCUT2D eigenvalue weighted by atomic mass is 10.1. The van der Waals surface area contributed by atoms with Crippen molar-refractivity contribution in [3.63, 3.8) is 0 Å². The van der Waals surface area contributed by atoms with Crippen LogP contribution in [0, 0.1) is 0 Å². The van der Waals surface area contributed by atoms with Gasteiger partial charge in [-0.25, -0.2) is 0 Å². The Morgan fingerprint density at radius 3 is 2.76 bits per heavy atom. The molecule has 3 N–H and O–H groups in total. The minimum atomic E-state index is -0.135. The highest BCUT2D eigenvalue weighted by molar-refractivity contribution is 5.82. The zero-order valence-electron chi connectivity index (χ0n) is 12.6. The summed E-state index contributed by atoms with van der Waals surface area (Å²) in [5.74, 6) is 1.46. The van der Waals surface area contributed by atoms with Gasteiger partial charge in [0.05, 0.1) is 20.3 Å². The Labute approximate surface area is 125 Å². The molecule has 0 radical (unpaired) electrons. The number of amides is 1. The number of methoxy groups -OCH3 is 2. The van der Waals surface area contributed by atoms with E-state index < -0.39 is 0 Å². The average molecular weight is 293 g/mol. The van der Waals surface area contributed by atoms with Gasteiger partial charge in [-0.15, -0.1) is 0 Å². The number of rotatable bonds is 6. The van der Waals surface area contributed by atoms with E-state index in [2.05, 4.69) is 16.0 Å². The fraction of sp³-hybridized carbons (Fsp3) is 0.533. The van der Waals surface area contributed by atoms with Crippen LogP contribution in [0.25, 0.3) is 0 Å². The highest BCUT2D eigenvalue weighted by Gasteiger charge is 2.19. The molecule has 0 aromatic heterocycles. The molecule has 0 aliphatic carbocycles. The molecule has 0 bridgehead atoms. The smallest absolute Gasteiger partial charge is 0.238 e. The molecule has 6 nitrogen and oxygen atoms in total. The van der Waals surface area contributed by atoms with Gasteiger partial charge in [0.25, 0.3) is 0 Å². The van der Waals surface area contributed by atoms with Gasteiger partial charge in [0.1, 0.15) is 0 Å². The number of piperazine rings is 1. The largest absolute Gasteiger partial charge is 0.493 e. The average Bonchev–Trinajstić information content (AvgIpc) is 2.55. The van der Waals surface area contributed by atoms with Crippen LogP contribution in [0.4, 0.5) is 0 Å². The lowest BCUT2D eigenvalue weighted by Crippen LogP contribution is -2.55. The van der Waals surface area contributed by atoms with Crippen LogP contribution in [-0.4, -0.2) is 52.3 Å². The molecule has 1 amide bonds. The molecule has 1 aliphatic heterocycles. The summed E-state index contributed by atoms with van der Waals surface area (Å²) >= 11 is 0. The molecule has 1 heterocycles. The van der Waals surface area contributed by atoms with Crippen molar-refractivity contribution >= 4 is 5.91 Å². The van der Waals surface area contributed by atoms with Crippen LogP contribution in [-0.2, 0) is 11.2 Å². The Hall–Kier alpha value is -1.79. The summed E-state index contributed by atoms with van der Waals surface area (Å²) in [6.07, 6.45) is 0.756. The Bertz CT molecular complexity index is 473. The molecule has 1 fully saturated rings. The summed E-state index contributed by atoms with van der Waals surface area (Å²) in [5, 5.41) is 9.34. The van der Waals surface area contributed by atoms with Crippen molar-refractivity contribution in [1.82, 2.24) is 16.0 Å². The number of carbonyl (C=O) groups excluding carboxylic acids is 1. The van der Waals surface area contributed by atoms with Crippen molar-refractivity contribution in [2.75, 3.05) is 40.4 Å². The zero-order chi connectivity index (χ0) is 15.1. The molecule has 1 aromatic carbocycles. The molecular formula is C15H23N3O3. The van der Waals surface area contributed by atoms with Crippen molar-refractivity contribution in [3.8, 4) is 11.5 Å². The standard InChI is InChI=1S/C15H23N3O3/c1-20-13-4-3-11(9-14(13)21-2)5-6-18-15(19)12-10-16-7-8-17-12/h3-4,9,12,16-17H,5-8,10H2,1-2H3,(H,18,19). The predicted molar refractivity (Wildman–Crippen MR) is 80.9 cm³/mol.